The van der Waals surface area contributed by atoms with Gasteiger partial charge in [0.25, 0.3) is 0 Å². The van der Waals surface area contributed by atoms with Gasteiger partial charge in [0.2, 0.25) is 0 Å². The number of esters is 1. The normalized spacial score (nSPS) is 11.6. The molecule has 0 spiro atoms. The Labute approximate surface area is 114 Å². The number of methoxy groups -OCH3 is 1. The quantitative estimate of drug-likeness (QED) is 0.765. The monoisotopic (exact) mass is 260 g/mol. The molecule has 102 valence electrons. The first-order valence-electron chi connectivity index (χ1n) is 6.51. The van der Waals surface area contributed by atoms with Crippen molar-refractivity contribution in [2.75, 3.05) is 7.11 Å². The lowest BCUT2D eigenvalue weighted by molar-refractivity contribution is -0.143. The number of unbranched alkanes of at least 4 members (excludes halogenated alkanes) is 1. The number of hydrogen-bond donors (Lipinski definition) is 1. The highest BCUT2D eigenvalue weighted by atomic mass is 16.5. The predicted octanol–water partition coefficient (Wildman–Crippen LogP) is 2.38. The molecule has 0 saturated carbocycles. The fraction of sp³-hybridized carbons (Fsp3) is 0.467. The number of carbonyl (C=O) groups excluding carboxylic acids is 1. The molecule has 0 fully saturated rings. The van der Waals surface area contributed by atoms with Crippen molar-refractivity contribution in [2.24, 2.45) is 0 Å². The summed E-state index contributed by atoms with van der Waals surface area (Å²) in [6.07, 6.45) is 2.78. The van der Waals surface area contributed by atoms with Gasteiger partial charge in [0.1, 0.15) is 6.04 Å². The van der Waals surface area contributed by atoms with Crippen LogP contribution in [0.3, 0.4) is 0 Å². The van der Waals surface area contributed by atoms with Crippen molar-refractivity contribution in [1.82, 2.24) is 5.32 Å². The fourth-order valence-electron chi connectivity index (χ4n) is 1.85. The van der Waals surface area contributed by atoms with Gasteiger partial charge >= 0.3 is 5.97 Å². The van der Waals surface area contributed by atoms with Gasteiger partial charge in [-0.1, -0.05) is 31.9 Å². The van der Waals surface area contributed by atoms with E-state index in [1.807, 2.05) is 18.2 Å². The van der Waals surface area contributed by atoms with Crippen molar-refractivity contribution in [3.63, 3.8) is 0 Å². The molecule has 1 rings (SSSR count). The Morgan fingerprint density at radius 2 is 2.32 bits per heavy atom. The Balaban J connectivity index is 2.59. The third-order valence-corrected chi connectivity index (χ3v) is 2.94. The first kappa shape index (κ1) is 15.2. The average Bonchev–Trinajstić information content (AvgIpc) is 2.46. The van der Waals surface area contributed by atoms with Crippen molar-refractivity contribution in [1.29, 1.82) is 5.26 Å². The van der Waals surface area contributed by atoms with Crippen molar-refractivity contribution in [3.05, 3.63) is 35.4 Å². The molecule has 0 aliphatic rings. The second-order valence-corrected chi connectivity index (χ2v) is 4.41. The molecular weight excluding hydrogens is 240 g/mol. The Morgan fingerprint density at radius 1 is 1.53 bits per heavy atom. The van der Waals surface area contributed by atoms with Gasteiger partial charge in [0, 0.05) is 6.54 Å². The summed E-state index contributed by atoms with van der Waals surface area (Å²) >= 11 is 0. The number of carbonyl (C=O) groups is 1. The first-order valence-corrected chi connectivity index (χ1v) is 6.51. The van der Waals surface area contributed by atoms with Gasteiger partial charge in [-0.2, -0.15) is 5.26 Å². The highest BCUT2D eigenvalue weighted by Gasteiger charge is 2.17. The smallest absolute Gasteiger partial charge is 0.322 e. The van der Waals surface area contributed by atoms with Gasteiger partial charge in [0.05, 0.1) is 18.7 Å². The number of ether oxygens (including phenoxy) is 1. The summed E-state index contributed by atoms with van der Waals surface area (Å²) in [6.45, 7) is 2.64. The van der Waals surface area contributed by atoms with Crippen LogP contribution in [0.1, 0.15) is 37.3 Å². The number of nitrogens with zero attached hydrogens (tertiary/aromatic N) is 1. The first-order chi connectivity index (χ1) is 9.21. The van der Waals surface area contributed by atoms with Gasteiger partial charge in [-0.25, -0.2) is 0 Å². The lowest BCUT2D eigenvalue weighted by Gasteiger charge is -2.16. The summed E-state index contributed by atoms with van der Waals surface area (Å²) in [5, 5.41) is 12.0. The van der Waals surface area contributed by atoms with Gasteiger partial charge in [-0.3, -0.25) is 4.79 Å². The molecular formula is C15H20N2O2. The van der Waals surface area contributed by atoms with Gasteiger partial charge < -0.3 is 10.1 Å². The predicted molar refractivity (Wildman–Crippen MR) is 73.3 cm³/mol. The largest absolute Gasteiger partial charge is 0.468 e. The van der Waals surface area contributed by atoms with Crippen LogP contribution in [0.5, 0.6) is 0 Å². The van der Waals surface area contributed by atoms with Crippen LogP contribution in [0.2, 0.25) is 0 Å². The number of hydrogen-bond acceptors (Lipinski definition) is 4. The molecule has 1 aromatic rings. The van der Waals surface area contributed by atoms with Crippen LogP contribution in [-0.2, 0) is 16.1 Å². The van der Waals surface area contributed by atoms with Crippen LogP contribution in [0.15, 0.2) is 24.3 Å². The number of benzene rings is 1. The van der Waals surface area contributed by atoms with Crippen molar-refractivity contribution >= 4 is 5.97 Å². The third-order valence-electron chi connectivity index (χ3n) is 2.94. The minimum absolute atomic E-state index is 0.232. The van der Waals surface area contributed by atoms with E-state index < -0.39 is 0 Å². The number of nitrogens with one attached hydrogen (secondary N) is 1. The van der Waals surface area contributed by atoms with Crippen LogP contribution in [-0.4, -0.2) is 19.1 Å². The molecule has 0 aliphatic heterocycles. The highest BCUT2D eigenvalue weighted by Crippen LogP contribution is 2.07. The maximum Gasteiger partial charge on any atom is 0.322 e. The Morgan fingerprint density at radius 3 is 2.95 bits per heavy atom. The van der Waals surface area contributed by atoms with Crippen LogP contribution < -0.4 is 5.32 Å². The van der Waals surface area contributed by atoms with Gasteiger partial charge in [0.15, 0.2) is 0 Å². The van der Waals surface area contributed by atoms with Gasteiger partial charge in [-0.15, -0.1) is 0 Å². The summed E-state index contributed by atoms with van der Waals surface area (Å²) in [4.78, 5) is 11.6. The summed E-state index contributed by atoms with van der Waals surface area (Å²) < 4.78 is 4.79. The topological polar surface area (TPSA) is 62.1 Å². The third kappa shape index (κ3) is 5.11. The van der Waals surface area contributed by atoms with Crippen LogP contribution in [0, 0.1) is 11.3 Å². The minimum Gasteiger partial charge on any atom is -0.468 e. The molecule has 0 amide bonds. The van der Waals surface area contributed by atoms with Crippen molar-refractivity contribution in [3.8, 4) is 6.07 Å². The van der Waals surface area contributed by atoms with Gasteiger partial charge in [-0.05, 0) is 24.1 Å². The second-order valence-electron chi connectivity index (χ2n) is 4.41. The second kappa shape index (κ2) is 8.28. The van der Waals surface area contributed by atoms with E-state index in [1.54, 1.807) is 6.07 Å². The van der Waals surface area contributed by atoms with Crippen molar-refractivity contribution in [2.45, 2.75) is 38.8 Å². The molecule has 4 heteroatoms. The zero-order valence-electron chi connectivity index (χ0n) is 11.5. The highest BCUT2D eigenvalue weighted by molar-refractivity contribution is 5.75. The van der Waals surface area contributed by atoms with E-state index in [1.165, 1.54) is 7.11 Å². The molecule has 1 N–H and O–H groups in total. The zero-order valence-corrected chi connectivity index (χ0v) is 11.5. The molecule has 0 bridgehead atoms. The molecule has 0 radical (unpaired) electrons. The lowest BCUT2D eigenvalue weighted by atomic mass is 10.1. The van der Waals surface area contributed by atoms with E-state index in [2.05, 4.69) is 18.3 Å². The van der Waals surface area contributed by atoms with E-state index in [4.69, 9.17) is 10.00 Å². The molecule has 0 aromatic heterocycles. The SMILES string of the molecule is CCCCC(NCc1cccc(C#N)c1)C(=O)OC. The summed E-state index contributed by atoms with van der Waals surface area (Å²) in [6, 6.07) is 9.18. The van der Waals surface area contributed by atoms with Crippen LogP contribution in [0.4, 0.5) is 0 Å². The van der Waals surface area contributed by atoms with Crippen molar-refractivity contribution < 1.29 is 9.53 Å². The molecule has 0 heterocycles. The maximum atomic E-state index is 11.6. The maximum absolute atomic E-state index is 11.6. The molecule has 1 aromatic carbocycles. The Hall–Kier alpha value is -1.86. The number of rotatable bonds is 7. The average molecular weight is 260 g/mol. The standard InChI is InChI=1S/C15H20N2O2/c1-3-4-8-14(15(18)19-2)17-11-13-7-5-6-12(9-13)10-16/h5-7,9,14,17H,3-4,8,11H2,1-2H3. The Bertz CT molecular complexity index is 452. The Kier molecular flexibility index (Phi) is 6.62. The van der Waals surface area contributed by atoms with E-state index >= 15 is 0 Å². The molecule has 0 saturated heterocycles. The summed E-state index contributed by atoms with van der Waals surface area (Å²) in [5.41, 5.74) is 1.62. The molecule has 19 heavy (non-hydrogen) atoms. The lowest BCUT2D eigenvalue weighted by Crippen LogP contribution is -2.37. The molecule has 1 atom stereocenters. The van der Waals surface area contributed by atoms with Crippen LogP contribution in [0.25, 0.3) is 0 Å². The van der Waals surface area contributed by atoms with E-state index in [0.29, 0.717) is 12.1 Å². The zero-order chi connectivity index (χ0) is 14.1. The number of nitriles is 1. The summed E-state index contributed by atoms with van der Waals surface area (Å²) in [7, 11) is 1.40. The van der Waals surface area contributed by atoms with E-state index in [9.17, 15) is 4.79 Å². The van der Waals surface area contributed by atoms with Crippen LogP contribution >= 0.6 is 0 Å². The molecule has 1 unspecified atom stereocenters. The fourth-order valence-corrected chi connectivity index (χ4v) is 1.85. The summed E-state index contributed by atoms with van der Waals surface area (Å²) in [5.74, 6) is -0.232. The molecule has 4 nitrogen and oxygen atoms in total. The minimum atomic E-state index is -0.282. The molecule has 0 aliphatic carbocycles. The van der Waals surface area contributed by atoms with E-state index in [-0.39, 0.29) is 12.0 Å². The van der Waals surface area contributed by atoms with E-state index in [0.717, 1.165) is 24.8 Å².